The van der Waals surface area contributed by atoms with Gasteiger partial charge in [0.25, 0.3) is 0 Å². The van der Waals surface area contributed by atoms with E-state index in [9.17, 15) is 4.79 Å². The van der Waals surface area contributed by atoms with Crippen molar-refractivity contribution in [2.75, 3.05) is 0 Å². The summed E-state index contributed by atoms with van der Waals surface area (Å²) in [5.74, 6) is -0.782. The topological polar surface area (TPSA) is 94.8 Å². The zero-order valence-electron chi connectivity index (χ0n) is 10.4. The van der Waals surface area contributed by atoms with E-state index >= 15 is 0 Å². The van der Waals surface area contributed by atoms with E-state index in [2.05, 4.69) is 0 Å². The second-order valence-electron chi connectivity index (χ2n) is 2.46. The van der Waals surface area contributed by atoms with Gasteiger partial charge in [0.15, 0.2) is 0 Å². The fourth-order valence-corrected chi connectivity index (χ4v) is 0.701. The van der Waals surface area contributed by atoms with E-state index in [4.69, 9.17) is 20.1 Å². The smallest absolute Gasteiger partial charge is 1.00 e. The number of rotatable bonds is 4. The molecule has 0 aliphatic rings. The van der Waals surface area contributed by atoms with Crippen LogP contribution in [-0.4, -0.2) is 27.4 Å². The zero-order chi connectivity index (χ0) is 11.6. The van der Waals surface area contributed by atoms with Gasteiger partial charge in [0.1, 0.15) is 0 Å². The molecular weight excluding hydrogens is 227 g/mol. The summed E-state index contributed by atoms with van der Waals surface area (Å²) in [7, 11) is 0. The maximum absolute atomic E-state index is 10.4. The molecule has 15 heavy (non-hydrogen) atoms. The fourth-order valence-electron chi connectivity index (χ4n) is 0.701. The Morgan fingerprint density at radius 1 is 1.20 bits per heavy atom. The number of carbonyl (C=O) groups is 2. The van der Waals surface area contributed by atoms with E-state index in [-0.39, 0.29) is 52.8 Å². The number of carboxylic acids is 1. The van der Waals surface area contributed by atoms with Gasteiger partial charge in [0.05, 0.1) is 0 Å². The molecule has 5 nitrogen and oxygen atoms in total. The van der Waals surface area contributed by atoms with Crippen molar-refractivity contribution in [1.82, 2.24) is 0 Å². The van der Waals surface area contributed by atoms with Crippen LogP contribution in [0.5, 0.6) is 0 Å². The van der Waals surface area contributed by atoms with Crippen LogP contribution in [0, 0.1) is 0 Å². The van der Waals surface area contributed by atoms with E-state index in [1.54, 1.807) is 6.08 Å². The summed E-state index contributed by atoms with van der Waals surface area (Å²) >= 11 is 0. The van der Waals surface area contributed by atoms with Gasteiger partial charge >= 0.3 is 63.5 Å². The molecule has 0 saturated carbocycles. The van der Waals surface area contributed by atoms with Gasteiger partial charge in [-0.25, -0.2) is 9.59 Å². The molecule has 84 valence electrons. The van der Waals surface area contributed by atoms with Crippen LogP contribution in [0.4, 0.5) is 4.79 Å². The average molecular weight is 244 g/mol. The standard InChI is InChI=1S/C8H14O2.CH2O3.K.H/c1-3-5-6-7(4-2)8(9)10;2-1(3)4;;/h6H,3-5H2,1-2H3,(H,9,10);(H2,2,3,4);;/q;;+1;-1/b7-6-;;;. The van der Waals surface area contributed by atoms with Crippen molar-refractivity contribution in [2.24, 2.45) is 0 Å². The molecule has 0 aromatic rings. The molecule has 0 atom stereocenters. The van der Waals surface area contributed by atoms with E-state index in [0.717, 1.165) is 12.8 Å². The Hall–Kier alpha value is 0.116. The summed E-state index contributed by atoms with van der Waals surface area (Å²) < 4.78 is 0. The SMILES string of the molecule is CCC/C=C(/CC)C(=O)O.O=C(O)O.[H-].[K+]. The van der Waals surface area contributed by atoms with E-state index in [0.29, 0.717) is 12.0 Å². The number of aliphatic carboxylic acids is 1. The van der Waals surface area contributed by atoms with Crippen LogP contribution in [0.1, 0.15) is 34.5 Å². The largest absolute Gasteiger partial charge is 1.00 e. The van der Waals surface area contributed by atoms with Gasteiger partial charge < -0.3 is 16.7 Å². The van der Waals surface area contributed by atoms with Crippen LogP contribution in [0.15, 0.2) is 11.6 Å². The van der Waals surface area contributed by atoms with Gasteiger partial charge in [-0.05, 0) is 12.8 Å². The summed E-state index contributed by atoms with van der Waals surface area (Å²) in [4.78, 5) is 18.9. The Morgan fingerprint density at radius 3 is 1.80 bits per heavy atom. The van der Waals surface area contributed by atoms with Gasteiger partial charge in [0.2, 0.25) is 0 Å². The molecule has 0 aliphatic carbocycles. The molecule has 0 amide bonds. The fraction of sp³-hybridized carbons (Fsp3) is 0.556. The molecular formula is C9H17KO5. The van der Waals surface area contributed by atoms with Crippen molar-refractivity contribution in [1.29, 1.82) is 0 Å². The third-order valence-electron chi connectivity index (χ3n) is 1.34. The molecule has 0 saturated heterocycles. The number of hydrogen-bond donors (Lipinski definition) is 3. The maximum atomic E-state index is 10.4. The van der Waals surface area contributed by atoms with Crippen LogP contribution >= 0.6 is 0 Å². The first-order chi connectivity index (χ1) is 6.45. The predicted molar refractivity (Wildman–Crippen MR) is 52.7 cm³/mol. The summed E-state index contributed by atoms with van der Waals surface area (Å²) in [5.41, 5.74) is 0.529. The van der Waals surface area contributed by atoms with Crippen molar-refractivity contribution in [2.45, 2.75) is 33.1 Å². The predicted octanol–water partition coefficient (Wildman–Crippen LogP) is -0.454. The van der Waals surface area contributed by atoms with Crippen molar-refractivity contribution < 1.29 is 77.7 Å². The van der Waals surface area contributed by atoms with E-state index < -0.39 is 12.1 Å². The Balaban J connectivity index is -0.000000105. The summed E-state index contributed by atoms with van der Waals surface area (Å²) in [6, 6.07) is 0. The van der Waals surface area contributed by atoms with Crippen LogP contribution < -0.4 is 51.4 Å². The molecule has 0 aliphatic heterocycles. The molecule has 0 aromatic heterocycles. The Labute approximate surface area is 133 Å². The minimum absolute atomic E-state index is 0. The maximum Gasteiger partial charge on any atom is 1.00 e. The minimum Gasteiger partial charge on any atom is -1.00 e. The van der Waals surface area contributed by atoms with Crippen LogP contribution in [0.3, 0.4) is 0 Å². The Morgan fingerprint density at radius 2 is 1.60 bits per heavy atom. The molecule has 3 N–H and O–H groups in total. The second-order valence-corrected chi connectivity index (χ2v) is 2.46. The minimum atomic E-state index is -1.83. The zero-order valence-corrected chi connectivity index (χ0v) is 12.5. The molecule has 0 heterocycles. The number of allylic oxidation sites excluding steroid dienone is 1. The monoisotopic (exact) mass is 244 g/mol. The molecule has 6 heteroatoms. The van der Waals surface area contributed by atoms with Crippen molar-refractivity contribution in [3.05, 3.63) is 11.6 Å². The van der Waals surface area contributed by atoms with Crippen molar-refractivity contribution in [3.8, 4) is 0 Å². The van der Waals surface area contributed by atoms with Gasteiger partial charge in [-0.2, -0.15) is 0 Å². The van der Waals surface area contributed by atoms with Gasteiger partial charge in [-0.1, -0.05) is 26.3 Å². The van der Waals surface area contributed by atoms with Crippen molar-refractivity contribution >= 4 is 12.1 Å². The molecule has 0 radical (unpaired) electrons. The van der Waals surface area contributed by atoms with Crippen LogP contribution in [0.2, 0.25) is 0 Å². The third kappa shape index (κ3) is 20.2. The molecule has 0 spiro atoms. The quantitative estimate of drug-likeness (QED) is 0.460. The van der Waals surface area contributed by atoms with Crippen molar-refractivity contribution in [3.63, 3.8) is 0 Å². The molecule has 0 rings (SSSR count). The van der Waals surface area contributed by atoms with Gasteiger partial charge in [-0.15, -0.1) is 0 Å². The molecule has 0 fully saturated rings. The average Bonchev–Trinajstić information content (AvgIpc) is 2.04. The van der Waals surface area contributed by atoms with E-state index in [1.165, 1.54) is 0 Å². The summed E-state index contributed by atoms with van der Waals surface area (Å²) in [6.45, 7) is 3.89. The third-order valence-corrected chi connectivity index (χ3v) is 1.34. The second kappa shape index (κ2) is 14.1. The van der Waals surface area contributed by atoms with E-state index in [1.807, 2.05) is 13.8 Å². The van der Waals surface area contributed by atoms with Crippen LogP contribution in [-0.2, 0) is 4.79 Å². The first kappa shape index (κ1) is 20.5. The summed E-state index contributed by atoms with van der Waals surface area (Å²) in [5, 5.41) is 22.5. The first-order valence-electron chi connectivity index (χ1n) is 4.29. The molecule has 0 aromatic carbocycles. The molecule has 0 unspecified atom stereocenters. The Bertz CT molecular complexity index is 214. The number of unbranched alkanes of at least 4 members (excludes halogenated alkanes) is 1. The number of carboxylic acid groups (broad SMARTS) is 3. The summed E-state index contributed by atoms with van der Waals surface area (Å²) in [6.07, 6.45) is 2.46. The van der Waals surface area contributed by atoms with Gasteiger partial charge in [-0.3, -0.25) is 0 Å². The Kier molecular flexibility index (Phi) is 19.3. The number of hydrogen-bond acceptors (Lipinski definition) is 2. The van der Waals surface area contributed by atoms with Crippen LogP contribution in [0.25, 0.3) is 0 Å². The normalized spacial score (nSPS) is 9.33. The first-order valence-corrected chi connectivity index (χ1v) is 4.29. The molecule has 0 bridgehead atoms. The van der Waals surface area contributed by atoms with Gasteiger partial charge in [0, 0.05) is 5.57 Å².